The first-order chi connectivity index (χ1) is 25.5. The summed E-state index contributed by atoms with van der Waals surface area (Å²) in [5.41, 5.74) is 3.18. The standard InChI is InChI=1S/C37H12Cl16N/c38-14-3-9-17(10-4-14)54(18-11-5-15(39)6-12-18)16-7-1-13(2-8-16)19-24(40)26(42)21(27(43)25(19)41)20(22-28(44)32(48)36(52)33(49)29(22)45)23-30(46)34(50)37(53)35(51)31(23)47/h1-12H. The Balaban J connectivity index is 1.58. The molecule has 54 heavy (non-hydrogen) atoms. The summed E-state index contributed by atoms with van der Waals surface area (Å²) in [7, 11) is 0. The predicted octanol–water partition coefficient (Wildman–Crippen LogP) is 20.3. The van der Waals surface area contributed by atoms with Crippen LogP contribution < -0.4 is 4.90 Å². The lowest BCUT2D eigenvalue weighted by atomic mass is 9.83. The Kier molecular flexibility index (Phi) is 14.1. The lowest BCUT2D eigenvalue weighted by Gasteiger charge is -2.28. The largest absolute Gasteiger partial charge is 0.311 e. The molecule has 277 valence electrons. The van der Waals surface area contributed by atoms with Gasteiger partial charge in [0.25, 0.3) is 0 Å². The number of anilines is 3. The number of rotatable bonds is 7. The fourth-order valence-electron chi connectivity index (χ4n) is 5.53. The molecule has 0 unspecified atom stereocenters. The van der Waals surface area contributed by atoms with Gasteiger partial charge >= 0.3 is 0 Å². The van der Waals surface area contributed by atoms with Crippen LogP contribution in [0.4, 0.5) is 17.1 Å². The van der Waals surface area contributed by atoms with Gasteiger partial charge in [-0.3, -0.25) is 0 Å². The molecule has 0 saturated carbocycles. The van der Waals surface area contributed by atoms with Crippen LogP contribution in [0.15, 0.2) is 72.8 Å². The molecule has 6 rings (SSSR count). The van der Waals surface area contributed by atoms with Crippen LogP contribution in [0.5, 0.6) is 0 Å². The van der Waals surface area contributed by atoms with Gasteiger partial charge in [0, 0.05) is 49.4 Å². The van der Waals surface area contributed by atoms with E-state index in [1.165, 1.54) is 0 Å². The number of halogens is 16. The van der Waals surface area contributed by atoms with Crippen molar-refractivity contribution in [2.45, 2.75) is 0 Å². The SMILES string of the molecule is Clc1ccc(N(c2ccc(Cl)cc2)c2ccc(-c3c(Cl)c(Cl)c([C](c4c(Cl)c(Cl)c(Cl)c(Cl)c4Cl)c4c(Cl)c(Cl)c(Cl)c(Cl)c4Cl)c(Cl)c3Cl)cc2)cc1. The summed E-state index contributed by atoms with van der Waals surface area (Å²) in [6.45, 7) is 0. The van der Waals surface area contributed by atoms with E-state index >= 15 is 0 Å². The lowest BCUT2D eigenvalue weighted by Crippen LogP contribution is -2.12. The van der Waals surface area contributed by atoms with Crippen LogP contribution >= 0.6 is 186 Å². The molecule has 17 heteroatoms. The highest BCUT2D eigenvalue weighted by atomic mass is 35.5. The third kappa shape index (κ3) is 7.92. The van der Waals surface area contributed by atoms with Gasteiger partial charge in [0.05, 0.1) is 76.2 Å². The molecule has 6 aromatic carbocycles. The van der Waals surface area contributed by atoms with Crippen LogP contribution in [0.3, 0.4) is 0 Å². The molecular weight excluding hydrogens is 1030 g/mol. The van der Waals surface area contributed by atoms with Crippen LogP contribution in [0.25, 0.3) is 11.1 Å². The predicted molar refractivity (Wildman–Crippen MR) is 240 cm³/mol. The Labute approximate surface area is 390 Å². The molecule has 0 fully saturated rings. The summed E-state index contributed by atoms with van der Waals surface area (Å²) >= 11 is 107. The van der Waals surface area contributed by atoms with Crippen molar-refractivity contribution in [3.63, 3.8) is 0 Å². The van der Waals surface area contributed by atoms with Crippen LogP contribution in [-0.2, 0) is 0 Å². The number of benzene rings is 6. The quantitative estimate of drug-likeness (QED) is 0.0875. The molecule has 0 spiro atoms. The van der Waals surface area contributed by atoms with E-state index in [0.29, 0.717) is 21.2 Å². The van der Waals surface area contributed by atoms with Gasteiger partial charge in [0.2, 0.25) is 0 Å². The van der Waals surface area contributed by atoms with E-state index in [1.54, 1.807) is 36.4 Å². The van der Waals surface area contributed by atoms with Crippen LogP contribution in [-0.4, -0.2) is 0 Å². The van der Waals surface area contributed by atoms with E-state index in [9.17, 15) is 0 Å². The minimum atomic E-state index is -0.176. The van der Waals surface area contributed by atoms with Gasteiger partial charge in [-0.05, 0) is 66.2 Å². The zero-order chi connectivity index (χ0) is 39.5. The highest BCUT2D eigenvalue weighted by Crippen LogP contribution is 2.58. The van der Waals surface area contributed by atoms with Gasteiger partial charge in [0.1, 0.15) is 0 Å². The smallest absolute Gasteiger partial charge is 0.0809 e. The summed E-state index contributed by atoms with van der Waals surface area (Å²) in [6.07, 6.45) is 0. The van der Waals surface area contributed by atoms with Gasteiger partial charge in [-0.15, -0.1) is 0 Å². The molecule has 0 atom stereocenters. The molecule has 6 aromatic rings. The van der Waals surface area contributed by atoms with Gasteiger partial charge < -0.3 is 4.90 Å². The highest BCUT2D eigenvalue weighted by molar-refractivity contribution is 6.58. The number of hydrogen-bond donors (Lipinski definition) is 0. The molecule has 1 nitrogen and oxygen atoms in total. The number of nitrogens with zero attached hydrogens (tertiary/aromatic N) is 1. The molecule has 0 aliphatic rings. The maximum Gasteiger partial charge on any atom is 0.0809 e. The average molecular weight is 1040 g/mol. The Bertz CT molecular complexity index is 2250. The molecule has 0 heterocycles. The van der Waals surface area contributed by atoms with E-state index in [-0.39, 0.29) is 92.9 Å². The van der Waals surface area contributed by atoms with Crippen molar-refractivity contribution in [1.82, 2.24) is 0 Å². The summed E-state index contributed by atoms with van der Waals surface area (Å²) in [6, 6.07) is 22.1. The Morgan fingerprint density at radius 2 is 0.519 bits per heavy atom. The average Bonchev–Trinajstić information content (AvgIpc) is 3.16. The highest BCUT2D eigenvalue weighted by Gasteiger charge is 2.38. The van der Waals surface area contributed by atoms with Crippen molar-refractivity contribution in [3.8, 4) is 11.1 Å². The molecule has 0 N–H and O–H groups in total. The second-order valence-corrected chi connectivity index (χ2v) is 17.3. The fraction of sp³-hybridized carbons (Fsp3) is 0. The molecule has 0 aromatic heterocycles. The van der Waals surface area contributed by atoms with Crippen molar-refractivity contribution in [3.05, 3.63) is 176 Å². The zero-order valence-corrected chi connectivity index (χ0v) is 38.0. The maximum absolute atomic E-state index is 7.14. The first-order valence-corrected chi connectivity index (χ1v) is 20.7. The molecule has 0 saturated heterocycles. The third-order valence-corrected chi connectivity index (χ3v) is 14.8. The first-order valence-electron chi connectivity index (χ1n) is 14.7. The second kappa shape index (κ2) is 17.5. The maximum atomic E-state index is 7.14. The summed E-state index contributed by atoms with van der Waals surface area (Å²) in [5.74, 6) is -0.0387. The zero-order valence-electron chi connectivity index (χ0n) is 25.9. The Hall–Kier alpha value is -0.240. The van der Waals surface area contributed by atoms with Gasteiger partial charge in [0.15, 0.2) is 0 Å². The monoisotopic (exact) mass is 1030 g/mol. The van der Waals surface area contributed by atoms with E-state index in [2.05, 4.69) is 0 Å². The van der Waals surface area contributed by atoms with Crippen molar-refractivity contribution < 1.29 is 0 Å². The van der Waals surface area contributed by atoms with Gasteiger partial charge in [-0.1, -0.05) is 198 Å². The molecule has 1 radical (unpaired) electrons. The van der Waals surface area contributed by atoms with Crippen molar-refractivity contribution in [2.24, 2.45) is 0 Å². The molecular formula is C37H12Cl16N. The summed E-state index contributed by atoms with van der Waals surface area (Å²) in [5, 5.41) is -0.694. The third-order valence-electron chi connectivity index (χ3n) is 8.02. The van der Waals surface area contributed by atoms with Crippen LogP contribution in [0, 0.1) is 5.92 Å². The van der Waals surface area contributed by atoms with E-state index in [1.807, 2.05) is 41.3 Å². The van der Waals surface area contributed by atoms with E-state index < -0.39 is 0 Å². The minimum absolute atomic E-state index is 0.0182. The summed E-state index contributed by atoms with van der Waals surface area (Å²) < 4.78 is 0. The molecule has 0 bridgehead atoms. The normalized spacial score (nSPS) is 11.5. The molecule has 0 aliphatic carbocycles. The van der Waals surface area contributed by atoms with Crippen LogP contribution in [0.2, 0.25) is 80.4 Å². The van der Waals surface area contributed by atoms with Crippen molar-refractivity contribution in [2.75, 3.05) is 4.90 Å². The minimum Gasteiger partial charge on any atom is -0.311 e. The van der Waals surface area contributed by atoms with Gasteiger partial charge in [-0.25, -0.2) is 0 Å². The topological polar surface area (TPSA) is 3.24 Å². The second-order valence-electron chi connectivity index (χ2n) is 11.1. The van der Waals surface area contributed by atoms with E-state index in [4.69, 9.17) is 186 Å². The van der Waals surface area contributed by atoms with Crippen molar-refractivity contribution >= 4 is 203 Å². The summed E-state index contributed by atoms with van der Waals surface area (Å²) in [4.78, 5) is 2.01. The number of hydrogen-bond acceptors (Lipinski definition) is 1. The van der Waals surface area contributed by atoms with Gasteiger partial charge in [-0.2, -0.15) is 0 Å². The Morgan fingerprint density at radius 3 is 0.815 bits per heavy atom. The first kappa shape index (κ1) is 43.3. The fourth-order valence-corrected chi connectivity index (χ4v) is 9.70. The molecule has 0 aliphatic heterocycles. The molecule has 0 amide bonds. The van der Waals surface area contributed by atoms with Crippen molar-refractivity contribution in [1.29, 1.82) is 0 Å². The van der Waals surface area contributed by atoms with Crippen LogP contribution in [0.1, 0.15) is 16.7 Å². The Morgan fingerprint density at radius 1 is 0.278 bits per heavy atom. The lowest BCUT2D eigenvalue weighted by molar-refractivity contribution is 1.23. The van der Waals surface area contributed by atoms with E-state index in [0.717, 1.165) is 17.1 Å².